The van der Waals surface area contributed by atoms with Gasteiger partial charge in [0.05, 0.1) is 4.90 Å². The van der Waals surface area contributed by atoms with Gasteiger partial charge in [0.15, 0.2) is 0 Å². The molecule has 4 rings (SSSR count). The zero-order valence-electron chi connectivity index (χ0n) is 16.6. The molecule has 1 heterocycles. The first-order chi connectivity index (χ1) is 13.9. The Bertz CT molecular complexity index is 1240. The van der Waals surface area contributed by atoms with Crippen molar-refractivity contribution in [3.05, 3.63) is 90.1 Å². The summed E-state index contributed by atoms with van der Waals surface area (Å²) in [5.74, 6) is 0. The van der Waals surface area contributed by atoms with Crippen LogP contribution < -0.4 is 4.72 Å². The highest BCUT2D eigenvalue weighted by atomic mass is 32.2. The second-order valence-electron chi connectivity index (χ2n) is 7.32. The maximum absolute atomic E-state index is 12.5. The van der Waals surface area contributed by atoms with Crippen molar-refractivity contribution in [2.75, 3.05) is 6.54 Å². The standard InChI is InChI=1S/C24H24N2O2S/c1-18-8-11-22(12-9-18)29(27,28)25-15-14-21-17-26(2)24-13-10-20(16-23(21)24)19-6-4-3-5-7-19/h3-13,16-17,25H,14-15H2,1-2H3. The van der Waals surface area contributed by atoms with Crippen LogP contribution in [0.25, 0.3) is 22.0 Å². The topological polar surface area (TPSA) is 51.1 Å². The molecule has 1 aromatic heterocycles. The fourth-order valence-corrected chi connectivity index (χ4v) is 4.64. The highest BCUT2D eigenvalue weighted by Crippen LogP contribution is 2.28. The van der Waals surface area contributed by atoms with Gasteiger partial charge < -0.3 is 4.57 Å². The van der Waals surface area contributed by atoms with Crippen LogP contribution in [0.3, 0.4) is 0 Å². The number of rotatable bonds is 6. The quantitative estimate of drug-likeness (QED) is 0.507. The fraction of sp³-hybridized carbons (Fsp3) is 0.167. The highest BCUT2D eigenvalue weighted by molar-refractivity contribution is 7.89. The molecule has 0 saturated carbocycles. The van der Waals surface area contributed by atoms with E-state index >= 15 is 0 Å². The molecule has 148 valence electrons. The molecule has 29 heavy (non-hydrogen) atoms. The van der Waals surface area contributed by atoms with Crippen LogP contribution in [-0.2, 0) is 23.5 Å². The van der Waals surface area contributed by atoms with Crippen molar-refractivity contribution in [2.45, 2.75) is 18.2 Å². The van der Waals surface area contributed by atoms with Crippen LogP contribution in [0.2, 0.25) is 0 Å². The van der Waals surface area contributed by atoms with Gasteiger partial charge in [-0.2, -0.15) is 0 Å². The molecule has 0 atom stereocenters. The molecule has 5 heteroatoms. The predicted octanol–water partition coefficient (Wildman–Crippen LogP) is 4.67. The average Bonchev–Trinajstić information content (AvgIpc) is 3.04. The number of benzene rings is 3. The molecule has 0 bridgehead atoms. The number of hydrogen-bond donors (Lipinski definition) is 1. The first-order valence-corrected chi connectivity index (χ1v) is 11.1. The van der Waals surface area contributed by atoms with Gasteiger partial charge in [0.2, 0.25) is 10.0 Å². The molecule has 0 unspecified atom stereocenters. The molecular weight excluding hydrogens is 380 g/mol. The van der Waals surface area contributed by atoms with Gasteiger partial charge in [0, 0.05) is 30.7 Å². The van der Waals surface area contributed by atoms with Gasteiger partial charge >= 0.3 is 0 Å². The molecule has 0 amide bonds. The van der Waals surface area contributed by atoms with Gasteiger partial charge in [-0.3, -0.25) is 0 Å². The molecule has 0 aliphatic heterocycles. The minimum Gasteiger partial charge on any atom is -0.350 e. The van der Waals surface area contributed by atoms with Crippen LogP contribution in [0.4, 0.5) is 0 Å². The lowest BCUT2D eigenvalue weighted by Gasteiger charge is -2.07. The Labute approximate surface area is 171 Å². The summed E-state index contributed by atoms with van der Waals surface area (Å²) in [5.41, 5.74) is 5.64. The Balaban J connectivity index is 1.55. The largest absolute Gasteiger partial charge is 0.350 e. The highest BCUT2D eigenvalue weighted by Gasteiger charge is 2.14. The van der Waals surface area contributed by atoms with Gasteiger partial charge in [-0.25, -0.2) is 13.1 Å². The summed E-state index contributed by atoms with van der Waals surface area (Å²) >= 11 is 0. The summed E-state index contributed by atoms with van der Waals surface area (Å²) in [6, 6.07) is 23.6. The lowest BCUT2D eigenvalue weighted by molar-refractivity contribution is 0.581. The average molecular weight is 405 g/mol. The van der Waals surface area contributed by atoms with Crippen LogP contribution >= 0.6 is 0 Å². The molecule has 0 aliphatic rings. The summed E-state index contributed by atoms with van der Waals surface area (Å²) in [6.07, 6.45) is 2.71. The number of nitrogens with one attached hydrogen (secondary N) is 1. The van der Waals surface area contributed by atoms with E-state index in [1.165, 1.54) is 5.56 Å². The molecule has 3 aromatic carbocycles. The van der Waals surface area contributed by atoms with E-state index < -0.39 is 10.0 Å². The zero-order valence-corrected chi connectivity index (χ0v) is 17.4. The Morgan fingerprint density at radius 1 is 0.897 bits per heavy atom. The SMILES string of the molecule is Cc1ccc(S(=O)(=O)NCCc2cn(C)c3ccc(-c4ccccc4)cc23)cc1. The Hall–Kier alpha value is -2.89. The Morgan fingerprint density at radius 3 is 2.34 bits per heavy atom. The molecule has 0 aliphatic carbocycles. The van der Waals surface area contributed by atoms with Crippen molar-refractivity contribution in [3.8, 4) is 11.1 Å². The molecule has 4 aromatic rings. The van der Waals surface area contributed by atoms with E-state index in [1.54, 1.807) is 12.1 Å². The van der Waals surface area contributed by atoms with Crippen molar-refractivity contribution in [1.82, 2.24) is 9.29 Å². The minimum atomic E-state index is -3.50. The van der Waals surface area contributed by atoms with E-state index in [2.05, 4.69) is 45.8 Å². The maximum Gasteiger partial charge on any atom is 0.240 e. The van der Waals surface area contributed by atoms with E-state index in [0.717, 1.165) is 27.6 Å². The molecular formula is C24H24N2O2S. The minimum absolute atomic E-state index is 0.299. The third-order valence-electron chi connectivity index (χ3n) is 5.20. The number of hydrogen-bond acceptors (Lipinski definition) is 2. The Kier molecular flexibility index (Phi) is 5.26. The van der Waals surface area contributed by atoms with Gasteiger partial charge in [-0.05, 0) is 54.3 Å². The van der Waals surface area contributed by atoms with Crippen LogP contribution in [0, 0.1) is 6.92 Å². The van der Waals surface area contributed by atoms with Crippen LogP contribution in [-0.4, -0.2) is 19.5 Å². The third-order valence-corrected chi connectivity index (χ3v) is 6.67. The van der Waals surface area contributed by atoms with Gasteiger partial charge in [0.1, 0.15) is 0 Å². The van der Waals surface area contributed by atoms with Crippen molar-refractivity contribution in [1.29, 1.82) is 0 Å². The van der Waals surface area contributed by atoms with Crippen molar-refractivity contribution >= 4 is 20.9 Å². The lowest BCUT2D eigenvalue weighted by Crippen LogP contribution is -2.25. The maximum atomic E-state index is 12.5. The Morgan fingerprint density at radius 2 is 1.62 bits per heavy atom. The summed E-state index contributed by atoms with van der Waals surface area (Å²) < 4.78 is 29.9. The number of aryl methyl sites for hydroxylation is 2. The van der Waals surface area contributed by atoms with Gasteiger partial charge in [0.25, 0.3) is 0 Å². The molecule has 1 N–H and O–H groups in total. The first kappa shape index (κ1) is 19.4. The second kappa shape index (κ2) is 7.85. The van der Waals surface area contributed by atoms with E-state index in [9.17, 15) is 8.42 Å². The summed E-state index contributed by atoms with van der Waals surface area (Å²) in [6.45, 7) is 2.29. The molecule has 4 nitrogen and oxygen atoms in total. The number of fused-ring (bicyclic) bond motifs is 1. The van der Waals surface area contributed by atoms with Crippen LogP contribution in [0.1, 0.15) is 11.1 Å². The third kappa shape index (κ3) is 4.11. The first-order valence-electron chi connectivity index (χ1n) is 9.64. The van der Waals surface area contributed by atoms with Gasteiger partial charge in [-0.15, -0.1) is 0 Å². The zero-order chi connectivity index (χ0) is 20.4. The van der Waals surface area contributed by atoms with Crippen molar-refractivity contribution in [3.63, 3.8) is 0 Å². The van der Waals surface area contributed by atoms with Gasteiger partial charge in [-0.1, -0.05) is 54.1 Å². The summed E-state index contributed by atoms with van der Waals surface area (Å²) in [4.78, 5) is 0.299. The molecule has 0 saturated heterocycles. The van der Waals surface area contributed by atoms with E-state index in [-0.39, 0.29) is 0 Å². The summed E-state index contributed by atoms with van der Waals surface area (Å²) in [7, 11) is -1.48. The van der Waals surface area contributed by atoms with E-state index in [1.807, 2.05) is 44.3 Å². The number of sulfonamides is 1. The van der Waals surface area contributed by atoms with E-state index in [0.29, 0.717) is 17.9 Å². The normalized spacial score (nSPS) is 11.8. The second-order valence-corrected chi connectivity index (χ2v) is 9.09. The van der Waals surface area contributed by atoms with Crippen molar-refractivity contribution in [2.24, 2.45) is 7.05 Å². The molecule has 0 radical (unpaired) electrons. The fourth-order valence-electron chi connectivity index (χ4n) is 3.60. The molecule has 0 fully saturated rings. The lowest BCUT2D eigenvalue weighted by atomic mass is 10.0. The number of nitrogens with zero attached hydrogens (tertiary/aromatic N) is 1. The van der Waals surface area contributed by atoms with Crippen molar-refractivity contribution < 1.29 is 8.42 Å². The number of aromatic nitrogens is 1. The van der Waals surface area contributed by atoms with Crippen LogP contribution in [0.15, 0.2) is 83.9 Å². The predicted molar refractivity (Wildman–Crippen MR) is 118 cm³/mol. The summed E-state index contributed by atoms with van der Waals surface area (Å²) in [5, 5.41) is 1.16. The van der Waals surface area contributed by atoms with E-state index in [4.69, 9.17) is 0 Å². The monoisotopic (exact) mass is 404 g/mol. The smallest absolute Gasteiger partial charge is 0.240 e. The van der Waals surface area contributed by atoms with Crippen LogP contribution in [0.5, 0.6) is 0 Å². The molecule has 0 spiro atoms.